The van der Waals surface area contributed by atoms with Crippen molar-refractivity contribution in [1.29, 1.82) is 0 Å². The monoisotopic (exact) mass is 297 g/mol. The molecule has 2 N–H and O–H groups in total. The second-order valence-corrected chi connectivity index (χ2v) is 9.62. The zero-order valence-electron chi connectivity index (χ0n) is 13.6. The third-order valence-electron chi connectivity index (χ3n) is 7.00. The number of nitrogens with two attached hydrogens (primary N) is 1. The van der Waals surface area contributed by atoms with E-state index in [1.54, 1.807) is 0 Å². The molecule has 0 radical (unpaired) electrons. The SMILES string of the molecule is CC1(C)C(C(N)C2CCOC3(CCSCC3)C2)C1(C)C. The lowest BCUT2D eigenvalue weighted by atomic mass is 9.76. The van der Waals surface area contributed by atoms with Gasteiger partial charge in [0.05, 0.1) is 5.60 Å². The molecule has 1 saturated carbocycles. The molecule has 0 amide bonds. The molecule has 2 atom stereocenters. The van der Waals surface area contributed by atoms with Crippen LogP contribution in [0.25, 0.3) is 0 Å². The molecule has 2 unspecified atom stereocenters. The summed E-state index contributed by atoms with van der Waals surface area (Å²) in [5.41, 5.74) is 7.72. The van der Waals surface area contributed by atoms with Gasteiger partial charge in [0.1, 0.15) is 0 Å². The molecule has 2 nitrogen and oxygen atoms in total. The van der Waals surface area contributed by atoms with Crippen LogP contribution in [-0.2, 0) is 4.74 Å². The minimum Gasteiger partial charge on any atom is -0.375 e. The van der Waals surface area contributed by atoms with Crippen molar-refractivity contribution >= 4 is 11.8 Å². The van der Waals surface area contributed by atoms with E-state index in [4.69, 9.17) is 10.5 Å². The Balaban J connectivity index is 1.68. The first-order valence-electron chi connectivity index (χ1n) is 8.27. The van der Waals surface area contributed by atoms with Crippen molar-refractivity contribution in [3.63, 3.8) is 0 Å². The summed E-state index contributed by atoms with van der Waals surface area (Å²) in [7, 11) is 0. The smallest absolute Gasteiger partial charge is 0.0701 e. The highest BCUT2D eigenvalue weighted by Gasteiger charge is 2.67. The quantitative estimate of drug-likeness (QED) is 0.844. The van der Waals surface area contributed by atoms with Crippen LogP contribution in [0.1, 0.15) is 53.4 Å². The first-order valence-corrected chi connectivity index (χ1v) is 9.43. The van der Waals surface area contributed by atoms with Crippen LogP contribution in [0.5, 0.6) is 0 Å². The fourth-order valence-electron chi connectivity index (χ4n) is 4.97. The van der Waals surface area contributed by atoms with Gasteiger partial charge in [-0.1, -0.05) is 27.7 Å². The molecule has 1 aliphatic carbocycles. The summed E-state index contributed by atoms with van der Waals surface area (Å²) in [5.74, 6) is 3.87. The summed E-state index contributed by atoms with van der Waals surface area (Å²) in [6.45, 7) is 10.5. The van der Waals surface area contributed by atoms with E-state index >= 15 is 0 Å². The molecule has 116 valence electrons. The third-order valence-corrected chi connectivity index (χ3v) is 7.98. The Morgan fingerprint density at radius 2 is 1.70 bits per heavy atom. The predicted octanol–water partition coefficient (Wildman–Crippen LogP) is 3.69. The first kappa shape index (κ1) is 15.2. The Hall–Kier alpha value is 0.270. The Bertz CT molecular complexity index is 354. The van der Waals surface area contributed by atoms with E-state index in [0.29, 0.717) is 28.7 Å². The molecule has 3 rings (SSSR count). The Morgan fingerprint density at radius 3 is 2.25 bits per heavy atom. The molecule has 0 bridgehead atoms. The molecule has 0 aromatic heterocycles. The molecule has 2 saturated heterocycles. The summed E-state index contributed by atoms with van der Waals surface area (Å²) in [6.07, 6.45) is 4.84. The number of ether oxygens (including phenoxy) is 1. The average molecular weight is 298 g/mol. The molecule has 0 aromatic carbocycles. The van der Waals surface area contributed by atoms with Gasteiger partial charge in [-0.2, -0.15) is 11.8 Å². The predicted molar refractivity (Wildman–Crippen MR) is 87.0 cm³/mol. The van der Waals surface area contributed by atoms with Crippen LogP contribution < -0.4 is 5.73 Å². The zero-order valence-corrected chi connectivity index (χ0v) is 14.4. The van der Waals surface area contributed by atoms with Gasteiger partial charge in [-0.3, -0.25) is 0 Å². The van der Waals surface area contributed by atoms with Crippen molar-refractivity contribution in [1.82, 2.24) is 0 Å². The van der Waals surface area contributed by atoms with Crippen molar-refractivity contribution < 1.29 is 4.74 Å². The molecule has 3 fully saturated rings. The van der Waals surface area contributed by atoms with Gasteiger partial charge >= 0.3 is 0 Å². The number of thioether (sulfide) groups is 1. The Morgan fingerprint density at radius 1 is 1.10 bits per heavy atom. The zero-order chi connectivity index (χ0) is 14.6. The molecule has 0 aromatic rings. The van der Waals surface area contributed by atoms with Crippen LogP contribution in [0.15, 0.2) is 0 Å². The van der Waals surface area contributed by atoms with Gasteiger partial charge in [0.15, 0.2) is 0 Å². The van der Waals surface area contributed by atoms with Crippen molar-refractivity contribution in [3.05, 3.63) is 0 Å². The Labute approximate surface area is 128 Å². The van der Waals surface area contributed by atoms with E-state index in [-0.39, 0.29) is 5.60 Å². The van der Waals surface area contributed by atoms with Crippen LogP contribution in [0.3, 0.4) is 0 Å². The fraction of sp³-hybridized carbons (Fsp3) is 1.00. The van der Waals surface area contributed by atoms with E-state index in [1.807, 2.05) is 0 Å². The van der Waals surface area contributed by atoms with E-state index in [9.17, 15) is 0 Å². The molecule has 3 heteroatoms. The van der Waals surface area contributed by atoms with Gasteiger partial charge in [-0.25, -0.2) is 0 Å². The van der Waals surface area contributed by atoms with Gasteiger partial charge < -0.3 is 10.5 Å². The third kappa shape index (κ3) is 2.24. The van der Waals surface area contributed by atoms with Crippen molar-refractivity contribution in [2.45, 2.75) is 65.0 Å². The molecule has 20 heavy (non-hydrogen) atoms. The first-order chi connectivity index (χ1) is 9.30. The van der Waals surface area contributed by atoms with Crippen molar-refractivity contribution in [3.8, 4) is 0 Å². The summed E-state index contributed by atoms with van der Waals surface area (Å²) in [5, 5.41) is 0. The molecule has 2 heterocycles. The highest BCUT2D eigenvalue weighted by Crippen LogP contribution is 2.70. The minimum absolute atomic E-state index is 0.176. The topological polar surface area (TPSA) is 35.2 Å². The van der Waals surface area contributed by atoms with Gasteiger partial charge in [-0.15, -0.1) is 0 Å². The largest absolute Gasteiger partial charge is 0.375 e. The van der Waals surface area contributed by atoms with Gasteiger partial charge in [-0.05, 0) is 59.9 Å². The van der Waals surface area contributed by atoms with E-state index in [2.05, 4.69) is 39.5 Å². The highest BCUT2D eigenvalue weighted by atomic mass is 32.2. The standard InChI is InChI=1S/C17H31NOS/c1-15(2)14(16(15,3)4)13(18)12-5-8-19-17(11-12)6-9-20-10-7-17/h12-14H,5-11,18H2,1-4H3. The van der Waals surface area contributed by atoms with Gasteiger partial charge in [0, 0.05) is 12.6 Å². The van der Waals surface area contributed by atoms with Crippen molar-refractivity contribution in [2.75, 3.05) is 18.1 Å². The van der Waals surface area contributed by atoms with E-state index in [1.165, 1.54) is 37.2 Å². The van der Waals surface area contributed by atoms with E-state index < -0.39 is 0 Å². The van der Waals surface area contributed by atoms with E-state index in [0.717, 1.165) is 6.61 Å². The Kier molecular flexibility index (Phi) is 3.71. The highest BCUT2D eigenvalue weighted by molar-refractivity contribution is 7.99. The fourth-order valence-corrected chi connectivity index (χ4v) is 6.20. The minimum atomic E-state index is 0.176. The van der Waals surface area contributed by atoms with Crippen LogP contribution in [-0.4, -0.2) is 29.8 Å². The van der Waals surface area contributed by atoms with Gasteiger partial charge in [0.25, 0.3) is 0 Å². The van der Waals surface area contributed by atoms with Crippen molar-refractivity contribution in [2.24, 2.45) is 28.4 Å². The lowest BCUT2D eigenvalue weighted by Gasteiger charge is -2.45. The van der Waals surface area contributed by atoms with Crippen LogP contribution in [0.4, 0.5) is 0 Å². The maximum absolute atomic E-state index is 6.73. The maximum atomic E-state index is 6.73. The summed E-state index contributed by atoms with van der Waals surface area (Å²) in [6, 6.07) is 0.357. The summed E-state index contributed by atoms with van der Waals surface area (Å²) >= 11 is 2.08. The van der Waals surface area contributed by atoms with Gasteiger partial charge in [0.2, 0.25) is 0 Å². The molecule has 2 aliphatic heterocycles. The maximum Gasteiger partial charge on any atom is 0.0701 e. The lowest BCUT2D eigenvalue weighted by molar-refractivity contribution is -0.107. The second kappa shape index (κ2) is 4.89. The lowest BCUT2D eigenvalue weighted by Crippen LogP contribution is -2.48. The number of hydrogen-bond donors (Lipinski definition) is 1. The number of rotatable bonds is 2. The summed E-state index contributed by atoms with van der Waals surface area (Å²) < 4.78 is 6.22. The molecule has 1 spiro atoms. The average Bonchev–Trinajstić information content (AvgIpc) is 2.80. The molecular formula is C17H31NOS. The summed E-state index contributed by atoms with van der Waals surface area (Å²) in [4.78, 5) is 0. The molecule has 3 aliphatic rings. The molecular weight excluding hydrogens is 266 g/mol. The van der Waals surface area contributed by atoms with Crippen LogP contribution in [0, 0.1) is 22.7 Å². The van der Waals surface area contributed by atoms with Crippen LogP contribution >= 0.6 is 11.8 Å². The van der Waals surface area contributed by atoms with Crippen LogP contribution in [0.2, 0.25) is 0 Å². The normalized spacial score (nSPS) is 36.8. The second-order valence-electron chi connectivity index (χ2n) is 8.40. The number of hydrogen-bond acceptors (Lipinski definition) is 3.